The molecular formula is C12H15ClFNO. The molecule has 0 aliphatic carbocycles. The summed E-state index contributed by atoms with van der Waals surface area (Å²) in [5.74, 6) is -0.686. The first-order valence-electron chi connectivity index (χ1n) is 5.12. The molecule has 1 amide bonds. The molecule has 0 aromatic heterocycles. The van der Waals surface area contributed by atoms with E-state index in [0.29, 0.717) is 5.56 Å². The second-order valence-corrected chi connectivity index (χ2v) is 4.46. The van der Waals surface area contributed by atoms with Crippen LogP contribution in [0, 0.1) is 12.7 Å². The smallest absolute Gasteiger partial charge is 0.242 e. The molecule has 88 valence electrons. The van der Waals surface area contributed by atoms with Crippen molar-refractivity contribution in [1.82, 2.24) is 5.32 Å². The topological polar surface area (TPSA) is 29.1 Å². The van der Waals surface area contributed by atoms with Gasteiger partial charge in [-0.25, -0.2) is 4.39 Å². The Morgan fingerprint density at radius 1 is 1.44 bits per heavy atom. The molecule has 0 aliphatic rings. The lowest BCUT2D eigenvalue weighted by molar-refractivity contribution is -0.121. The van der Waals surface area contributed by atoms with E-state index in [4.69, 9.17) is 11.6 Å². The molecule has 0 radical (unpaired) electrons. The minimum atomic E-state index is -0.849. The number of hydrogen-bond acceptors (Lipinski definition) is 1. The molecule has 1 unspecified atom stereocenters. The van der Waals surface area contributed by atoms with E-state index in [-0.39, 0.29) is 17.8 Å². The third-order valence-corrected chi connectivity index (χ3v) is 2.61. The van der Waals surface area contributed by atoms with Gasteiger partial charge >= 0.3 is 0 Å². The van der Waals surface area contributed by atoms with Crippen molar-refractivity contribution in [2.24, 2.45) is 0 Å². The van der Waals surface area contributed by atoms with Gasteiger partial charge in [-0.3, -0.25) is 4.79 Å². The van der Waals surface area contributed by atoms with Gasteiger partial charge in [0, 0.05) is 6.04 Å². The molecule has 1 aromatic rings. The van der Waals surface area contributed by atoms with Crippen molar-refractivity contribution < 1.29 is 9.18 Å². The fraction of sp³-hybridized carbons (Fsp3) is 0.417. The Bertz CT molecular complexity index is 393. The van der Waals surface area contributed by atoms with Gasteiger partial charge in [0.05, 0.1) is 0 Å². The third-order valence-electron chi connectivity index (χ3n) is 2.18. The zero-order valence-electron chi connectivity index (χ0n) is 9.55. The quantitative estimate of drug-likeness (QED) is 0.813. The maximum absolute atomic E-state index is 13.0. The van der Waals surface area contributed by atoms with Crippen LogP contribution in [0.1, 0.15) is 30.4 Å². The number of benzene rings is 1. The average molecular weight is 244 g/mol. The lowest BCUT2D eigenvalue weighted by Crippen LogP contribution is -2.33. The fourth-order valence-corrected chi connectivity index (χ4v) is 1.68. The number of carbonyl (C=O) groups excluding carboxylic acids is 1. The maximum Gasteiger partial charge on any atom is 0.242 e. The van der Waals surface area contributed by atoms with Gasteiger partial charge in [0.25, 0.3) is 0 Å². The highest BCUT2D eigenvalue weighted by atomic mass is 35.5. The average Bonchev–Trinajstić information content (AvgIpc) is 2.19. The molecule has 0 saturated carbocycles. The number of alkyl halides is 1. The molecular weight excluding hydrogens is 229 g/mol. The van der Waals surface area contributed by atoms with E-state index in [9.17, 15) is 9.18 Å². The number of halogens is 2. The lowest BCUT2D eigenvalue weighted by atomic mass is 10.0. The van der Waals surface area contributed by atoms with Crippen molar-refractivity contribution >= 4 is 17.5 Å². The molecule has 0 spiro atoms. The summed E-state index contributed by atoms with van der Waals surface area (Å²) in [6.07, 6.45) is 0. The van der Waals surface area contributed by atoms with Crippen LogP contribution in [0.25, 0.3) is 0 Å². The van der Waals surface area contributed by atoms with Crippen molar-refractivity contribution in [1.29, 1.82) is 0 Å². The molecule has 1 rings (SSSR count). The van der Waals surface area contributed by atoms with E-state index >= 15 is 0 Å². The Kier molecular flexibility index (Phi) is 4.30. The summed E-state index contributed by atoms with van der Waals surface area (Å²) < 4.78 is 13.0. The number of amides is 1. The Labute approximate surface area is 99.8 Å². The van der Waals surface area contributed by atoms with Gasteiger partial charge < -0.3 is 5.32 Å². The summed E-state index contributed by atoms with van der Waals surface area (Å²) in [6, 6.07) is 4.28. The molecule has 0 aliphatic heterocycles. The summed E-state index contributed by atoms with van der Waals surface area (Å²) in [7, 11) is 0. The summed E-state index contributed by atoms with van der Waals surface area (Å²) in [6.45, 7) is 5.49. The summed E-state index contributed by atoms with van der Waals surface area (Å²) in [4.78, 5) is 11.7. The first-order valence-corrected chi connectivity index (χ1v) is 5.56. The van der Waals surface area contributed by atoms with Crippen LogP contribution < -0.4 is 5.32 Å². The van der Waals surface area contributed by atoms with Gasteiger partial charge in [0.15, 0.2) is 0 Å². The van der Waals surface area contributed by atoms with Gasteiger partial charge in [-0.2, -0.15) is 0 Å². The fourth-order valence-electron chi connectivity index (χ4n) is 1.38. The second-order valence-electron chi connectivity index (χ2n) is 4.03. The molecule has 1 N–H and O–H groups in total. The Hall–Kier alpha value is -1.09. The van der Waals surface area contributed by atoms with E-state index in [1.807, 2.05) is 13.8 Å². The molecule has 0 fully saturated rings. The third kappa shape index (κ3) is 3.20. The number of aryl methyl sites for hydroxylation is 1. The molecule has 1 aromatic carbocycles. The van der Waals surface area contributed by atoms with Crippen LogP contribution in [0.5, 0.6) is 0 Å². The van der Waals surface area contributed by atoms with Crippen molar-refractivity contribution in [2.45, 2.75) is 32.2 Å². The Morgan fingerprint density at radius 2 is 2.06 bits per heavy atom. The van der Waals surface area contributed by atoms with Crippen LogP contribution in [0.15, 0.2) is 18.2 Å². The molecule has 4 heteroatoms. The Morgan fingerprint density at radius 3 is 2.62 bits per heavy atom. The highest BCUT2D eigenvalue weighted by molar-refractivity contribution is 6.30. The lowest BCUT2D eigenvalue weighted by Gasteiger charge is -2.15. The van der Waals surface area contributed by atoms with Crippen LogP contribution in [0.2, 0.25) is 0 Å². The minimum absolute atomic E-state index is 0.0163. The monoisotopic (exact) mass is 243 g/mol. The van der Waals surface area contributed by atoms with Crippen LogP contribution in [0.3, 0.4) is 0 Å². The SMILES string of the molecule is Cc1ccc(F)cc1C(Cl)C(=O)NC(C)C. The number of carbonyl (C=O) groups is 1. The Balaban J connectivity index is 2.91. The molecule has 2 nitrogen and oxygen atoms in total. The predicted octanol–water partition coefficient (Wildman–Crippen LogP) is 2.94. The van der Waals surface area contributed by atoms with Crippen molar-refractivity contribution in [3.05, 3.63) is 35.1 Å². The van der Waals surface area contributed by atoms with Crippen molar-refractivity contribution in [3.63, 3.8) is 0 Å². The molecule has 0 heterocycles. The standard InChI is InChI=1S/C12H15ClFNO/c1-7(2)15-12(16)11(13)10-6-9(14)5-4-8(10)3/h4-7,11H,1-3H3,(H,15,16). The van der Waals surface area contributed by atoms with E-state index in [1.165, 1.54) is 12.1 Å². The highest BCUT2D eigenvalue weighted by Crippen LogP contribution is 2.24. The number of hydrogen-bond donors (Lipinski definition) is 1. The summed E-state index contributed by atoms with van der Waals surface area (Å²) >= 11 is 6.00. The summed E-state index contributed by atoms with van der Waals surface area (Å²) in [5.41, 5.74) is 1.32. The maximum atomic E-state index is 13.0. The van der Waals surface area contributed by atoms with Crippen LogP contribution in [-0.4, -0.2) is 11.9 Å². The molecule has 0 saturated heterocycles. The van der Waals surface area contributed by atoms with Crippen LogP contribution >= 0.6 is 11.6 Å². The molecule has 1 atom stereocenters. The van der Waals surface area contributed by atoms with Gasteiger partial charge in [-0.1, -0.05) is 6.07 Å². The highest BCUT2D eigenvalue weighted by Gasteiger charge is 2.20. The van der Waals surface area contributed by atoms with Crippen molar-refractivity contribution in [3.8, 4) is 0 Å². The van der Waals surface area contributed by atoms with E-state index in [2.05, 4.69) is 5.32 Å². The van der Waals surface area contributed by atoms with Crippen LogP contribution in [0.4, 0.5) is 4.39 Å². The molecule has 16 heavy (non-hydrogen) atoms. The zero-order chi connectivity index (χ0) is 12.3. The predicted molar refractivity (Wildman–Crippen MR) is 63.0 cm³/mol. The molecule has 0 bridgehead atoms. The zero-order valence-corrected chi connectivity index (χ0v) is 10.3. The van der Waals surface area contributed by atoms with Gasteiger partial charge in [0.2, 0.25) is 5.91 Å². The van der Waals surface area contributed by atoms with E-state index in [0.717, 1.165) is 5.56 Å². The number of nitrogens with one attached hydrogen (secondary N) is 1. The van der Waals surface area contributed by atoms with Crippen LogP contribution in [-0.2, 0) is 4.79 Å². The summed E-state index contributed by atoms with van der Waals surface area (Å²) in [5, 5.41) is 1.85. The van der Waals surface area contributed by atoms with Crippen molar-refractivity contribution in [2.75, 3.05) is 0 Å². The normalized spacial score (nSPS) is 12.6. The number of rotatable bonds is 3. The van der Waals surface area contributed by atoms with Gasteiger partial charge in [-0.05, 0) is 44.0 Å². The van der Waals surface area contributed by atoms with Gasteiger partial charge in [-0.15, -0.1) is 11.6 Å². The minimum Gasteiger partial charge on any atom is -0.352 e. The second kappa shape index (κ2) is 5.30. The van der Waals surface area contributed by atoms with E-state index < -0.39 is 5.38 Å². The first kappa shape index (κ1) is 13.0. The first-order chi connectivity index (χ1) is 7.41. The van der Waals surface area contributed by atoms with E-state index in [1.54, 1.807) is 13.0 Å². The van der Waals surface area contributed by atoms with Gasteiger partial charge in [0.1, 0.15) is 11.2 Å². The largest absolute Gasteiger partial charge is 0.352 e.